The van der Waals surface area contributed by atoms with E-state index in [1.165, 1.54) is 0 Å². The maximum atomic E-state index is 10.4. The lowest BCUT2D eigenvalue weighted by Crippen LogP contribution is -2.09. The molecule has 0 spiro atoms. The molecule has 1 amide bonds. The van der Waals surface area contributed by atoms with Gasteiger partial charge in [0.1, 0.15) is 0 Å². The average Bonchev–Trinajstić information content (AvgIpc) is 2.07. The van der Waals surface area contributed by atoms with Gasteiger partial charge < -0.3 is 5.73 Å². The zero-order valence-electron chi connectivity index (χ0n) is 7.28. The van der Waals surface area contributed by atoms with Crippen molar-refractivity contribution in [2.24, 2.45) is 5.73 Å². The summed E-state index contributed by atoms with van der Waals surface area (Å²) in [5, 5.41) is 0. The number of carbonyl (C=O) groups excluding carboxylic acids is 1. The lowest BCUT2D eigenvalue weighted by molar-refractivity contribution is 0.100. The van der Waals surface area contributed by atoms with E-state index in [-0.39, 0.29) is 5.91 Å². The summed E-state index contributed by atoms with van der Waals surface area (Å²) >= 11 is 1.75. The van der Waals surface area contributed by atoms with Gasteiger partial charge in [-0.05, 0) is 24.6 Å². The van der Waals surface area contributed by atoms with Gasteiger partial charge in [-0.25, -0.2) is 0 Å². The number of nitrogens with two attached hydrogens (primary N) is 1. The van der Waals surface area contributed by atoms with Crippen molar-refractivity contribution in [3.63, 3.8) is 0 Å². The summed E-state index contributed by atoms with van der Waals surface area (Å²) in [6, 6.07) is 8.76. The molecule has 66 valence electrons. The van der Waals surface area contributed by atoms with E-state index in [1.54, 1.807) is 36.0 Å². The Morgan fingerprint density at radius 1 is 1.25 bits per heavy atom. The molecule has 1 aromatic carbocycles. The topological polar surface area (TPSA) is 43.1 Å². The molecule has 0 atom stereocenters. The molecule has 0 heterocycles. The van der Waals surface area contributed by atoms with Gasteiger partial charge >= 0.3 is 0 Å². The first-order valence-electron chi connectivity index (χ1n) is 3.47. The minimum absolute atomic E-state index is 0.379. The SMILES string of the molecule is CSC.NC(=O)c1ccccc1. The third kappa shape index (κ3) is 4.79. The van der Waals surface area contributed by atoms with Gasteiger partial charge in [-0.2, -0.15) is 11.8 Å². The Bertz CT molecular complexity index is 223. The van der Waals surface area contributed by atoms with E-state index in [9.17, 15) is 4.79 Å². The van der Waals surface area contributed by atoms with E-state index in [0.717, 1.165) is 0 Å². The molecule has 0 unspecified atom stereocenters. The normalized spacial score (nSPS) is 8.17. The van der Waals surface area contributed by atoms with Crippen LogP contribution in [0.3, 0.4) is 0 Å². The fourth-order valence-corrected chi connectivity index (χ4v) is 0.602. The third-order valence-corrected chi connectivity index (χ3v) is 1.06. The number of hydrogen-bond donors (Lipinski definition) is 1. The molecule has 3 heteroatoms. The Morgan fingerprint density at radius 3 is 1.92 bits per heavy atom. The van der Waals surface area contributed by atoms with E-state index in [2.05, 4.69) is 0 Å². The fourth-order valence-electron chi connectivity index (χ4n) is 0.602. The first kappa shape index (κ1) is 11.0. The Balaban J connectivity index is 0.000000354. The van der Waals surface area contributed by atoms with Crippen LogP contribution in [-0.4, -0.2) is 18.4 Å². The summed E-state index contributed by atoms with van der Waals surface area (Å²) in [5.74, 6) is -0.379. The Labute approximate surface area is 77.2 Å². The van der Waals surface area contributed by atoms with Gasteiger partial charge in [0, 0.05) is 5.56 Å². The number of hydrogen-bond acceptors (Lipinski definition) is 2. The van der Waals surface area contributed by atoms with Gasteiger partial charge in [0.15, 0.2) is 0 Å². The predicted octanol–water partition coefficient (Wildman–Crippen LogP) is 1.76. The first-order chi connectivity index (χ1) is 5.72. The van der Waals surface area contributed by atoms with Crippen LogP contribution in [-0.2, 0) is 0 Å². The highest BCUT2D eigenvalue weighted by atomic mass is 32.2. The van der Waals surface area contributed by atoms with E-state index in [4.69, 9.17) is 5.73 Å². The minimum Gasteiger partial charge on any atom is -0.366 e. The quantitative estimate of drug-likeness (QED) is 0.721. The van der Waals surface area contributed by atoms with Crippen LogP contribution in [0.25, 0.3) is 0 Å². The summed E-state index contributed by atoms with van der Waals surface area (Å²) < 4.78 is 0. The highest BCUT2D eigenvalue weighted by molar-refractivity contribution is 7.97. The Kier molecular flexibility index (Phi) is 6.19. The van der Waals surface area contributed by atoms with Crippen molar-refractivity contribution in [1.29, 1.82) is 0 Å². The molecule has 1 aromatic rings. The summed E-state index contributed by atoms with van der Waals surface area (Å²) in [6.07, 6.45) is 4.08. The molecule has 2 nitrogen and oxygen atoms in total. The number of carbonyl (C=O) groups is 1. The third-order valence-electron chi connectivity index (χ3n) is 1.06. The van der Waals surface area contributed by atoms with Crippen LogP contribution >= 0.6 is 11.8 Å². The van der Waals surface area contributed by atoms with Crippen LogP contribution in [0, 0.1) is 0 Å². The van der Waals surface area contributed by atoms with Crippen molar-refractivity contribution >= 4 is 17.7 Å². The molecule has 0 aromatic heterocycles. The van der Waals surface area contributed by atoms with Crippen LogP contribution in [0.4, 0.5) is 0 Å². The van der Waals surface area contributed by atoms with Crippen molar-refractivity contribution in [2.45, 2.75) is 0 Å². The summed E-state index contributed by atoms with van der Waals surface area (Å²) in [6.45, 7) is 0. The second-order valence-corrected chi connectivity index (χ2v) is 2.96. The molecule has 0 aliphatic heterocycles. The van der Waals surface area contributed by atoms with Crippen molar-refractivity contribution in [3.8, 4) is 0 Å². The molecule has 12 heavy (non-hydrogen) atoms. The standard InChI is InChI=1S/C7H7NO.C2H6S/c8-7(9)6-4-2-1-3-5-6;1-3-2/h1-5H,(H2,8,9);1-2H3. The molecular weight excluding hydrogens is 170 g/mol. The molecule has 0 fully saturated rings. The number of thioether (sulfide) groups is 1. The minimum atomic E-state index is -0.379. The summed E-state index contributed by atoms with van der Waals surface area (Å²) in [7, 11) is 0. The number of primary amides is 1. The van der Waals surface area contributed by atoms with Gasteiger partial charge in [0.25, 0.3) is 0 Å². The molecular formula is C9H13NOS. The van der Waals surface area contributed by atoms with Crippen LogP contribution in [0.15, 0.2) is 30.3 Å². The van der Waals surface area contributed by atoms with Crippen molar-refractivity contribution in [1.82, 2.24) is 0 Å². The Morgan fingerprint density at radius 2 is 1.67 bits per heavy atom. The van der Waals surface area contributed by atoms with Crippen LogP contribution in [0.5, 0.6) is 0 Å². The van der Waals surface area contributed by atoms with E-state index < -0.39 is 0 Å². The molecule has 0 saturated carbocycles. The number of amides is 1. The first-order valence-corrected chi connectivity index (χ1v) is 5.10. The number of benzene rings is 1. The van der Waals surface area contributed by atoms with E-state index in [1.807, 2.05) is 18.6 Å². The molecule has 0 aliphatic rings. The maximum Gasteiger partial charge on any atom is 0.248 e. The van der Waals surface area contributed by atoms with Crippen molar-refractivity contribution < 1.29 is 4.79 Å². The monoisotopic (exact) mass is 183 g/mol. The van der Waals surface area contributed by atoms with Gasteiger partial charge in [0.2, 0.25) is 5.91 Å². The zero-order valence-corrected chi connectivity index (χ0v) is 8.10. The smallest absolute Gasteiger partial charge is 0.248 e. The van der Waals surface area contributed by atoms with Crippen LogP contribution < -0.4 is 5.73 Å². The van der Waals surface area contributed by atoms with E-state index >= 15 is 0 Å². The molecule has 0 saturated heterocycles. The second-order valence-electron chi connectivity index (χ2n) is 2.14. The molecule has 1 rings (SSSR count). The maximum absolute atomic E-state index is 10.4. The van der Waals surface area contributed by atoms with Crippen LogP contribution in [0.2, 0.25) is 0 Å². The van der Waals surface area contributed by atoms with Gasteiger partial charge in [-0.3, -0.25) is 4.79 Å². The highest BCUT2D eigenvalue weighted by Gasteiger charge is 1.93. The molecule has 0 aliphatic carbocycles. The zero-order chi connectivity index (χ0) is 9.40. The summed E-state index contributed by atoms with van der Waals surface area (Å²) in [4.78, 5) is 10.4. The van der Waals surface area contributed by atoms with Gasteiger partial charge in [-0.15, -0.1) is 0 Å². The molecule has 0 radical (unpaired) electrons. The number of rotatable bonds is 1. The van der Waals surface area contributed by atoms with E-state index in [0.29, 0.717) is 5.56 Å². The van der Waals surface area contributed by atoms with Gasteiger partial charge in [0.05, 0.1) is 0 Å². The van der Waals surface area contributed by atoms with Crippen LogP contribution in [0.1, 0.15) is 10.4 Å². The predicted molar refractivity (Wildman–Crippen MR) is 54.4 cm³/mol. The van der Waals surface area contributed by atoms with Crippen molar-refractivity contribution in [2.75, 3.05) is 12.5 Å². The molecule has 0 bridgehead atoms. The largest absolute Gasteiger partial charge is 0.366 e. The lowest BCUT2D eigenvalue weighted by atomic mass is 10.2. The second kappa shape index (κ2) is 6.73. The average molecular weight is 183 g/mol. The highest BCUT2D eigenvalue weighted by Crippen LogP contribution is 1.94. The van der Waals surface area contributed by atoms with Gasteiger partial charge in [-0.1, -0.05) is 18.2 Å². The molecule has 2 N–H and O–H groups in total. The Hall–Kier alpha value is -0.960. The van der Waals surface area contributed by atoms with Crippen molar-refractivity contribution in [3.05, 3.63) is 35.9 Å². The lowest BCUT2D eigenvalue weighted by Gasteiger charge is -1.89. The summed E-state index contributed by atoms with van der Waals surface area (Å²) in [5.41, 5.74) is 5.53. The fraction of sp³-hybridized carbons (Fsp3) is 0.222.